The van der Waals surface area contributed by atoms with Crippen molar-refractivity contribution in [3.8, 4) is 0 Å². The monoisotopic (exact) mass is 303 g/mol. The van der Waals surface area contributed by atoms with Crippen LogP contribution in [0.1, 0.15) is 5.56 Å². The van der Waals surface area contributed by atoms with Crippen LogP contribution in [0.25, 0.3) is 10.9 Å². The number of aromatic nitrogens is 2. The summed E-state index contributed by atoms with van der Waals surface area (Å²) in [5, 5.41) is 19.2. The van der Waals surface area contributed by atoms with Gasteiger partial charge >= 0.3 is 0 Å². The average molecular weight is 303 g/mol. The SMILES string of the molecule is Cn1c2ccc([NH+]([O-])O)cc2c(=O)n1Cc1ccccc1F. The molecule has 114 valence electrons. The molecule has 0 aliphatic heterocycles. The standard InChI is InChI=1S/C15H14FN3O3/c1-17-14-7-6-11(19(21)22)8-12(14)15(20)18(17)9-10-4-2-3-5-13(10)16/h2-8,19,21H,9H2,1H3. The first-order chi connectivity index (χ1) is 10.5. The van der Waals surface area contributed by atoms with Gasteiger partial charge in [0, 0.05) is 24.7 Å². The first-order valence-electron chi connectivity index (χ1n) is 6.65. The van der Waals surface area contributed by atoms with Gasteiger partial charge in [-0.25, -0.2) is 14.3 Å². The molecule has 0 amide bonds. The molecule has 0 bridgehead atoms. The van der Waals surface area contributed by atoms with Gasteiger partial charge in [-0.1, -0.05) is 18.2 Å². The Labute approximate surface area is 124 Å². The van der Waals surface area contributed by atoms with E-state index in [-0.39, 0.29) is 23.6 Å². The van der Waals surface area contributed by atoms with Crippen LogP contribution in [-0.4, -0.2) is 14.6 Å². The number of fused-ring (bicyclic) bond motifs is 1. The van der Waals surface area contributed by atoms with Crippen molar-refractivity contribution in [3.05, 3.63) is 69.4 Å². The second-order valence-corrected chi connectivity index (χ2v) is 5.01. The van der Waals surface area contributed by atoms with Crippen LogP contribution in [-0.2, 0) is 13.6 Å². The molecule has 1 aromatic heterocycles. The summed E-state index contributed by atoms with van der Waals surface area (Å²) in [5.41, 5.74) is 0.706. The topological polar surface area (TPSA) is 74.7 Å². The third kappa shape index (κ3) is 2.31. The minimum Gasteiger partial charge on any atom is -0.595 e. The van der Waals surface area contributed by atoms with Gasteiger partial charge in [0.15, 0.2) is 5.69 Å². The third-order valence-corrected chi connectivity index (χ3v) is 3.70. The van der Waals surface area contributed by atoms with Crippen LogP contribution in [0.15, 0.2) is 47.3 Å². The fourth-order valence-electron chi connectivity index (χ4n) is 2.49. The quantitative estimate of drug-likeness (QED) is 0.707. The molecule has 2 aromatic carbocycles. The molecule has 1 heterocycles. The molecule has 0 fully saturated rings. The van der Waals surface area contributed by atoms with Gasteiger partial charge in [-0.05, 0) is 12.1 Å². The molecular formula is C15H14FN3O3. The summed E-state index contributed by atoms with van der Waals surface area (Å²) in [4.78, 5) is 12.5. The van der Waals surface area contributed by atoms with E-state index in [1.54, 1.807) is 36.0 Å². The summed E-state index contributed by atoms with van der Waals surface area (Å²) < 4.78 is 16.8. The highest BCUT2D eigenvalue weighted by Crippen LogP contribution is 2.15. The van der Waals surface area contributed by atoms with E-state index >= 15 is 0 Å². The number of aryl methyl sites for hydroxylation is 1. The molecular weight excluding hydrogens is 289 g/mol. The Morgan fingerprint density at radius 1 is 1.27 bits per heavy atom. The van der Waals surface area contributed by atoms with Crippen molar-refractivity contribution >= 4 is 16.6 Å². The number of halogens is 1. The minimum absolute atomic E-state index is 0.0493. The maximum Gasteiger partial charge on any atom is 0.275 e. The number of hydrogen-bond donors (Lipinski definition) is 2. The van der Waals surface area contributed by atoms with Crippen LogP contribution < -0.4 is 10.8 Å². The Hall–Kier alpha value is -2.48. The molecule has 0 saturated carbocycles. The van der Waals surface area contributed by atoms with E-state index in [9.17, 15) is 14.4 Å². The van der Waals surface area contributed by atoms with E-state index in [0.717, 1.165) is 0 Å². The van der Waals surface area contributed by atoms with E-state index in [0.29, 0.717) is 16.5 Å². The summed E-state index contributed by atoms with van der Waals surface area (Å²) in [6.07, 6.45) is 0. The normalized spacial score (nSPS) is 12.7. The molecule has 3 aromatic rings. The maximum absolute atomic E-state index is 13.8. The van der Waals surface area contributed by atoms with Gasteiger partial charge in [0.05, 0.1) is 17.4 Å². The summed E-state index contributed by atoms with van der Waals surface area (Å²) in [6.45, 7) is 0.0824. The van der Waals surface area contributed by atoms with Gasteiger partial charge in [0.25, 0.3) is 5.56 Å². The van der Waals surface area contributed by atoms with Gasteiger partial charge in [-0.2, -0.15) is 5.23 Å². The molecule has 2 N–H and O–H groups in total. The second kappa shape index (κ2) is 5.38. The lowest BCUT2D eigenvalue weighted by molar-refractivity contribution is -0.991. The predicted molar refractivity (Wildman–Crippen MR) is 78.5 cm³/mol. The van der Waals surface area contributed by atoms with Gasteiger partial charge in [-0.15, -0.1) is 0 Å². The molecule has 22 heavy (non-hydrogen) atoms. The van der Waals surface area contributed by atoms with Crippen LogP contribution in [0.5, 0.6) is 0 Å². The van der Waals surface area contributed by atoms with Gasteiger partial charge in [0.2, 0.25) is 0 Å². The van der Waals surface area contributed by atoms with Crippen molar-refractivity contribution in [2.75, 3.05) is 0 Å². The molecule has 7 heteroatoms. The molecule has 0 aliphatic rings. The number of benzene rings is 2. The first kappa shape index (κ1) is 14.5. The summed E-state index contributed by atoms with van der Waals surface area (Å²) in [6, 6.07) is 10.6. The molecule has 0 spiro atoms. The van der Waals surface area contributed by atoms with Crippen LogP contribution in [0.2, 0.25) is 0 Å². The first-order valence-corrected chi connectivity index (χ1v) is 6.65. The van der Waals surface area contributed by atoms with Gasteiger partial charge in [0.1, 0.15) is 5.82 Å². The molecule has 0 aliphatic carbocycles. The largest absolute Gasteiger partial charge is 0.595 e. The number of nitrogens with zero attached hydrogens (tertiary/aromatic N) is 2. The Bertz CT molecular complexity index is 899. The van der Waals surface area contributed by atoms with Crippen LogP contribution >= 0.6 is 0 Å². The number of hydrogen-bond acceptors (Lipinski definition) is 3. The third-order valence-electron chi connectivity index (χ3n) is 3.70. The van der Waals surface area contributed by atoms with E-state index in [2.05, 4.69) is 0 Å². The second-order valence-electron chi connectivity index (χ2n) is 5.01. The van der Waals surface area contributed by atoms with Gasteiger partial charge < -0.3 is 5.21 Å². The Morgan fingerprint density at radius 3 is 2.68 bits per heavy atom. The lowest BCUT2D eigenvalue weighted by atomic mass is 10.2. The van der Waals surface area contributed by atoms with E-state index in [1.807, 2.05) is 0 Å². The Kier molecular flexibility index (Phi) is 3.53. The zero-order valence-corrected chi connectivity index (χ0v) is 11.8. The van der Waals surface area contributed by atoms with Crippen LogP contribution in [0.4, 0.5) is 10.1 Å². The van der Waals surface area contributed by atoms with Crippen LogP contribution in [0, 0.1) is 11.0 Å². The zero-order valence-electron chi connectivity index (χ0n) is 11.8. The maximum atomic E-state index is 13.8. The fourth-order valence-corrected chi connectivity index (χ4v) is 2.49. The van der Waals surface area contributed by atoms with E-state index in [1.165, 1.54) is 22.9 Å². The molecule has 6 nitrogen and oxygen atoms in total. The number of rotatable bonds is 3. The summed E-state index contributed by atoms with van der Waals surface area (Å²) in [5.74, 6) is -0.383. The van der Waals surface area contributed by atoms with Crippen molar-refractivity contribution in [1.29, 1.82) is 0 Å². The van der Waals surface area contributed by atoms with Crippen molar-refractivity contribution in [1.82, 2.24) is 9.36 Å². The molecule has 0 saturated heterocycles. The van der Waals surface area contributed by atoms with E-state index in [4.69, 9.17) is 5.21 Å². The summed E-state index contributed by atoms with van der Waals surface area (Å²) >= 11 is 0. The number of nitrogens with one attached hydrogen (secondary N) is 1. The lowest BCUT2D eigenvalue weighted by Crippen LogP contribution is -2.99. The van der Waals surface area contributed by atoms with Gasteiger partial charge in [-0.3, -0.25) is 9.48 Å². The van der Waals surface area contributed by atoms with Crippen LogP contribution in [0.3, 0.4) is 0 Å². The molecule has 0 radical (unpaired) electrons. The average Bonchev–Trinajstić information content (AvgIpc) is 2.74. The van der Waals surface area contributed by atoms with Crippen molar-refractivity contribution in [2.24, 2.45) is 7.05 Å². The van der Waals surface area contributed by atoms with Crippen molar-refractivity contribution in [2.45, 2.75) is 6.54 Å². The minimum atomic E-state index is -1.09. The van der Waals surface area contributed by atoms with Crippen molar-refractivity contribution in [3.63, 3.8) is 0 Å². The Balaban J connectivity index is 2.15. The molecule has 1 atom stereocenters. The smallest absolute Gasteiger partial charge is 0.275 e. The van der Waals surface area contributed by atoms with E-state index < -0.39 is 5.23 Å². The highest BCUT2D eigenvalue weighted by Gasteiger charge is 2.14. The number of quaternary nitrogens is 1. The lowest BCUT2D eigenvalue weighted by Gasteiger charge is -2.11. The summed E-state index contributed by atoms with van der Waals surface area (Å²) in [7, 11) is 1.69. The zero-order chi connectivity index (χ0) is 15.9. The van der Waals surface area contributed by atoms with Crippen molar-refractivity contribution < 1.29 is 14.8 Å². The molecule has 3 rings (SSSR count). The highest BCUT2D eigenvalue weighted by atomic mass is 19.1. The highest BCUT2D eigenvalue weighted by molar-refractivity contribution is 5.81. The fraction of sp³-hybridized carbons (Fsp3) is 0.133. The molecule has 1 unspecified atom stereocenters. The Morgan fingerprint density at radius 2 is 2.00 bits per heavy atom. The predicted octanol–water partition coefficient (Wildman–Crippen LogP) is 0.931.